The second kappa shape index (κ2) is 8.99. The predicted octanol–water partition coefficient (Wildman–Crippen LogP) is 2.81. The van der Waals surface area contributed by atoms with Crippen molar-refractivity contribution in [3.63, 3.8) is 0 Å². The van der Waals surface area contributed by atoms with Crippen LogP contribution in [-0.4, -0.2) is 35.9 Å². The number of aromatic nitrogens is 1. The lowest BCUT2D eigenvalue weighted by molar-refractivity contribution is -0.124. The standard InChI is InChI=1S/C20H26N4O2S/c1-14(2)18(23-19(25)16-6-5-11-27-16)20(26)22-13-15-7-8-17(21-12-15)24-9-3-4-10-24/h5-8,11-12,14,18H,3-4,9-10,13H2,1-2H3,(H,22,26)(H,23,25). The number of nitrogens with one attached hydrogen (secondary N) is 2. The van der Waals surface area contributed by atoms with Crippen LogP contribution in [0.4, 0.5) is 5.82 Å². The number of carbonyl (C=O) groups is 2. The van der Waals surface area contributed by atoms with Gasteiger partial charge in [-0.25, -0.2) is 4.98 Å². The van der Waals surface area contributed by atoms with Crippen LogP contribution in [0, 0.1) is 5.92 Å². The van der Waals surface area contributed by atoms with Crippen molar-refractivity contribution >= 4 is 29.0 Å². The van der Waals surface area contributed by atoms with E-state index in [1.807, 2.05) is 43.6 Å². The molecule has 2 aromatic rings. The van der Waals surface area contributed by atoms with Crippen molar-refractivity contribution in [2.24, 2.45) is 5.92 Å². The van der Waals surface area contributed by atoms with Crippen LogP contribution in [0.3, 0.4) is 0 Å². The molecular weight excluding hydrogens is 360 g/mol. The second-order valence-electron chi connectivity index (χ2n) is 7.11. The lowest BCUT2D eigenvalue weighted by Gasteiger charge is -2.21. The van der Waals surface area contributed by atoms with E-state index in [1.54, 1.807) is 6.07 Å². The fourth-order valence-corrected chi connectivity index (χ4v) is 3.74. The molecule has 3 heterocycles. The van der Waals surface area contributed by atoms with E-state index < -0.39 is 6.04 Å². The zero-order valence-electron chi connectivity index (χ0n) is 15.8. The first kappa shape index (κ1) is 19.4. The van der Waals surface area contributed by atoms with Gasteiger partial charge >= 0.3 is 0 Å². The molecule has 1 aliphatic rings. The lowest BCUT2D eigenvalue weighted by Crippen LogP contribution is -2.49. The molecule has 1 fully saturated rings. The number of thiophene rings is 1. The summed E-state index contributed by atoms with van der Waals surface area (Å²) in [5.41, 5.74) is 0.943. The molecule has 144 valence electrons. The summed E-state index contributed by atoms with van der Waals surface area (Å²) in [7, 11) is 0. The third kappa shape index (κ3) is 5.07. The van der Waals surface area contributed by atoms with Crippen molar-refractivity contribution in [2.75, 3.05) is 18.0 Å². The largest absolute Gasteiger partial charge is 0.357 e. The molecule has 2 amide bonds. The molecule has 1 aliphatic heterocycles. The fourth-order valence-electron chi connectivity index (χ4n) is 3.11. The van der Waals surface area contributed by atoms with Crippen LogP contribution in [0.25, 0.3) is 0 Å². The van der Waals surface area contributed by atoms with Crippen molar-refractivity contribution in [3.05, 3.63) is 46.3 Å². The highest BCUT2D eigenvalue weighted by atomic mass is 32.1. The molecule has 0 spiro atoms. The Morgan fingerprint density at radius 2 is 2.00 bits per heavy atom. The van der Waals surface area contributed by atoms with E-state index in [0.717, 1.165) is 24.5 Å². The van der Waals surface area contributed by atoms with Gasteiger partial charge in [0.05, 0.1) is 4.88 Å². The molecule has 0 radical (unpaired) electrons. The van der Waals surface area contributed by atoms with Crippen LogP contribution in [0.1, 0.15) is 41.9 Å². The van der Waals surface area contributed by atoms with Gasteiger partial charge in [0.15, 0.2) is 0 Å². The molecule has 1 atom stereocenters. The van der Waals surface area contributed by atoms with E-state index in [2.05, 4.69) is 20.5 Å². The molecule has 27 heavy (non-hydrogen) atoms. The second-order valence-corrected chi connectivity index (χ2v) is 8.06. The first-order chi connectivity index (χ1) is 13.0. The first-order valence-corrected chi connectivity index (χ1v) is 10.2. The Morgan fingerprint density at radius 1 is 1.22 bits per heavy atom. The van der Waals surface area contributed by atoms with Crippen LogP contribution >= 0.6 is 11.3 Å². The van der Waals surface area contributed by atoms with Gasteiger partial charge in [-0.2, -0.15) is 0 Å². The van der Waals surface area contributed by atoms with Crippen molar-refractivity contribution < 1.29 is 9.59 Å². The number of rotatable bonds is 7. The van der Waals surface area contributed by atoms with Gasteiger partial charge in [-0.15, -0.1) is 11.3 Å². The van der Waals surface area contributed by atoms with E-state index in [1.165, 1.54) is 24.2 Å². The number of nitrogens with zero attached hydrogens (tertiary/aromatic N) is 2. The van der Waals surface area contributed by atoms with E-state index in [4.69, 9.17) is 0 Å². The number of hydrogen-bond acceptors (Lipinski definition) is 5. The predicted molar refractivity (Wildman–Crippen MR) is 108 cm³/mol. The van der Waals surface area contributed by atoms with Crippen LogP contribution in [0.15, 0.2) is 35.8 Å². The van der Waals surface area contributed by atoms with Gasteiger partial charge in [-0.1, -0.05) is 26.0 Å². The molecule has 2 N–H and O–H groups in total. The van der Waals surface area contributed by atoms with E-state index in [0.29, 0.717) is 11.4 Å². The molecule has 7 heteroatoms. The SMILES string of the molecule is CC(C)C(NC(=O)c1cccs1)C(=O)NCc1ccc(N2CCCC2)nc1. The summed E-state index contributed by atoms with van der Waals surface area (Å²) < 4.78 is 0. The average molecular weight is 387 g/mol. The highest BCUT2D eigenvalue weighted by Gasteiger charge is 2.24. The van der Waals surface area contributed by atoms with Gasteiger partial charge in [-0.3, -0.25) is 9.59 Å². The van der Waals surface area contributed by atoms with Gasteiger partial charge in [0.25, 0.3) is 5.91 Å². The summed E-state index contributed by atoms with van der Waals surface area (Å²) >= 11 is 1.36. The molecular formula is C20H26N4O2S. The first-order valence-electron chi connectivity index (χ1n) is 9.36. The highest BCUT2D eigenvalue weighted by molar-refractivity contribution is 7.12. The van der Waals surface area contributed by atoms with Gasteiger partial charge < -0.3 is 15.5 Å². The zero-order valence-corrected chi connectivity index (χ0v) is 16.6. The Balaban J connectivity index is 1.55. The van der Waals surface area contributed by atoms with Gasteiger partial charge in [-0.05, 0) is 41.8 Å². The number of pyridine rings is 1. The van der Waals surface area contributed by atoms with E-state index >= 15 is 0 Å². The molecule has 0 aliphatic carbocycles. The van der Waals surface area contributed by atoms with Crippen LogP contribution in [-0.2, 0) is 11.3 Å². The molecule has 2 aromatic heterocycles. The minimum absolute atomic E-state index is 0.00965. The number of amides is 2. The Kier molecular flexibility index (Phi) is 6.45. The van der Waals surface area contributed by atoms with Crippen molar-refractivity contribution in [1.82, 2.24) is 15.6 Å². The zero-order chi connectivity index (χ0) is 19.2. The topological polar surface area (TPSA) is 74.3 Å². The van der Waals surface area contributed by atoms with Crippen LogP contribution in [0.5, 0.6) is 0 Å². The van der Waals surface area contributed by atoms with Crippen LogP contribution in [0.2, 0.25) is 0 Å². The third-order valence-electron chi connectivity index (χ3n) is 4.69. The minimum Gasteiger partial charge on any atom is -0.357 e. The van der Waals surface area contributed by atoms with Crippen LogP contribution < -0.4 is 15.5 Å². The van der Waals surface area contributed by atoms with Gasteiger partial charge in [0.2, 0.25) is 5.91 Å². The quantitative estimate of drug-likeness (QED) is 0.767. The fraction of sp³-hybridized carbons (Fsp3) is 0.450. The summed E-state index contributed by atoms with van der Waals surface area (Å²) in [5, 5.41) is 7.60. The normalized spacial score (nSPS) is 15.0. The molecule has 6 nitrogen and oxygen atoms in total. The molecule has 0 bridgehead atoms. The van der Waals surface area contributed by atoms with Crippen molar-refractivity contribution in [2.45, 2.75) is 39.3 Å². The number of hydrogen-bond donors (Lipinski definition) is 2. The number of carbonyl (C=O) groups excluding carboxylic acids is 2. The Morgan fingerprint density at radius 3 is 2.59 bits per heavy atom. The monoisotopic (exact) mass is 386 g/mol. The third-order valence-corrected chi connectivity index (χ3v) is 5.56. The Hall–Kier alpha value is -2.41. The Labute approximate surface area is 164 Å². The smallest absolute Gasteiger partial charge is 0.262 e. The van der Waals surface area contributed by atoms with Gasteiger partial charge in [0, 0.05) is 25.8 Å². The maximum absolute atomic E-state index is 12.6. The minimum atomic E-state index is -0.573. The average Bonchev–Trinajstić information content (AvgIpc) is 3.38. The van der Waals surface area contributed by atoms with Crippen molar-refractivity contribution in [3.8, 4) is 0 Å². The molecule has 3 rings (SSSR count). The summed E-state index contributed by atoms with van der Waals surface area (Å²) in [5.74, 6) is 0.587. The van der Waals surface area contributed by atoms with E-state index in [-0.39, 0.29) is 17.7 Å². The highest BCUT2D eigenvalue weighted by Crippen LogP contribution is 2.17. The van der Waals surface area contributed by atoms with E-state index in [9.17, 15) is 9.59 Å². The summed E-state index contributed by atoms with van der Waals surface area (Å²) in [6.07, 6.45) is 4.24. The number of anilines is 1. The molecule has 1 saturated heterocycles. The summed E-state index contributed by atoms with van der Waals surface area (Å²) in [4.78, 5) is 32.2. The molecule has 0 aromatic carbocycles. The lowest BCUT2D eigenvalue weighted by atomic mass is 10.0. The van der Waals surface area contributed by atoms with Crippen molar-refractivity contribution in [1.29, 1.82) is 0 Å². The maximum atomic E-state index is 12.6. The molecule has 0 saturated carbocycles. The summed E-state index contributed by atoms with van der Waals surface area (Å²) in [6, 6.07) is 7.00. The maximum Gasteiger partial charge on any atom is 0.262 e. The van der Waals surface area contributed by atoms with Gasteiger partial charge in [0.1, 0.15) is 11.9 Å². The summed E-state index contributed by atoms with van der Waals surface area (Å²) in [6.45, 7) is 6.35. The molecule has 1 unspecified atom stereocenters. The Bertz CT molecular complexity index is 753.